The van der Waals surface area contributed by atoms with Crippen molar-refractivity contribution in [1.82, 2.24) is 0 Å². The Kier molecular flexibility index (Phi) is 1.62. The van der Waals surface area contributed by atoms with Crippen molar-refractivity contribution in [2.45, 2.75) is 6.42 Å². The van der Waals surface area contributed by atoms with E-state index in [2.05, 4.69) is 0 Å². The molecule has 0 aliphatic heterocycles. The first-order valence-corrected chi connectivity index (χ1v) is 2.72. The first kappa shape index (κ1) is 5.29. The van der Waals surface area contributed by atoms with E-state index in [1.807, 2.05) is 24.3 Å². The summed E-state index contributed by atoms with van der Waals surface area (Å²) in [4.78, 5) is 10.1. The zero-order valence-corrected chi connectivity index (χ0v) is 4.58. The van der Waals surface area contributed by atoms with Crippen LogP contribution in [0.2, 0.25) is 0 Å². The third-order valence-corrected chi connectivity index (χ3v) is 1.15. The van der Waals surface area contributed by atoms with Crippen molar-refractivity contribution >= 4 is 6.29 Å². The fourth-order valence-corrected chi connectivity index (χ4v) is 0.705. The fraction of sp³-hybridized carbons (Fsp3) is 0.286. The second kappa shape index (κ2) is 2.46. The van der Waals surface area contributed by atoms with Crippen LogP contribution in [0.3, 0.4) is 0 Å². The van der Waals surface area contributed by atoms with Crippen molar-refractivity contribution in [1.29, 1.82) is 0 Å². The van der Waals surface area contributed by atoms with Gasteiger partial charge in [0.05, 0.1) is 5.92 Å². The van der Waals surface area contributed by atoms with Gasteiger partial charge in [0.2, 0.25) is 0 Å². The molecular formula is C7H8O. The Balaban J connectivity index is 2.54. The molecule has 0 saturated heterocycles. The summed E-state index contributed by atoms with van der Waals surface area (Å²) in [7, 11) is 0. The summed E-state index contributed by atoms with van der Waals surface area (Å²) in [5.74, 6) is 0.0451. The van der Waals surface area contributed by atoms with Gasteiger partial charge in [0, 0.05) is 0 Å². The van der Waals surface area contributed by atoms with Gasteiger partial charge in [-0.1, -0.05) is 24.3 Å². The van der Waals surface area contributed by atoms with E-state index in [1.54, 1.807) is 0 Å². The van der Waals surface area contributed by atoms with Gasteiger partial charge in [-0.2, -0.15) is 0 Å². The molecule has 0 aromatic carbocycles. The van der Waals surface area contributed by atoms with Gasteiger partial charge in [0.15, 0.2) is 0 Å². The van der Waals surface area contributed by atoms with Gasteiger partial charge in [-0.3, -0.25) is 0 Å². The van der Waals surface area contributed by atoms with Crippen LogP contribution in [0.25, 0.3) is 0 Å². The molecule has 0 bridgehead atoms. The Morgan fingerprint density at radius 2 is 2.00 bits per heavy atom. The summed E-state index contributed by atoms with van der Waals surface area (Å²) in [6, 6.07) is 0. The maximum absolute atomic E-state index is 10.1. The summed E-state index contributed by atoms with van der Waals surface area (Å²) < 4.78 is 0. The lowest BCUT2D eigenvalue weighted by Gasteiger charge is -1.98. The van der Waals surface area contributed by atoms with E-state index in [9.17, 15) is 4.79 Å². The molecule has 0 heterocycles. The van der Waals surface area contributed by atoms with E-state index in [0.29, 0.717) is 0 Å². The Bertz CT molecular complexity index is 121. The highest BCUT2D eigenvalue weighted by molar-refractivity contribution is 5.60. The number of carbonyl (C=O) groups excluding carboxylic acids is 1. The molecule has 1 nitrogen and oxygen atoms in total. The van der Waals surface area contributed by atoms with Crippen molar-refractivity contribution in [2.75, 3.05) is 0 Å². The maximum atomic E-state index is 10.1. The average molecular weight is 108 g/mol. The number of hydrogen-bond acceptors (Lipinski definition) is 1. The topological polar surface area (TPSA) is 17.1 Å². The minimum atomic E-state index is 0.0451. The molecule has 1 aliphatic rings. The molecule has 0 saturated carbocycles. The van der Waals surface area contributed by atoms with Crippen LogP contribution in [0.5, 0.6) is 0 Å². The highest BCUT2D eigenvalue weighted by atomic mass is 16.1. The van der Waals surface area contributed by atoms with E-state index >= 15 is 0 Å². The smallest absolute Gasteiger partial charge is 0.130 e. The molecule has 0 atom stereocenters. The molecule has 0 N–H and O–H groups in total. The molecule has 0 aromatic rings. The Hall–Kier alpha value is -0.850. The lowest BCUT2D eigenvalue weighted by molar-refractivity contribution is -0.108. The Labute approximate surface area is 48.7 Å². The molecule has 42 valence electrons. The second-order valence-electron chi connectivity index (χ2n) is 1.81. The summed E-state index contributed by atoms with van der Waals surface area (Å²) in [5.41, 5.74) is 0. The quantitative estimate of drug-likeness (QED) is 0.365. The van der Waals surface area contributed by atoms with Crippen molar-refractivity contribution in [3.8, 4) is 0 Å². The van der Waals surface area contributed by atoms with Gasteiger partial charge in [-0.05, 0) is 6.42 Å². The van der Waals surface area contributed by atoms with Crippen LogP contribution in [-0.2, 0) is 4.79 Å². The van der Waals surface area contributed by atoms with Gasteiger partial charge >= 0.3 is 0 Å². The standard InChI is InChI=1S/C7H8O/c8-6-7-4-2-1-3-5-7/h2-7H,1H2. The van der Waals surface area contributed by atoms with E-state index in [-0.39, 0.29) is 5.92 Å². The molecule has 0 fully saturated rings. The Morgan fingerprint density at radius 1 is 1.38 bits per heavy atom. The normalized spacial score (nSPS) is 19.0. The van der Waals surface area contributed by atoms with Crippen LogP contribution in [-0.4, -0.2) is 6.29 Å². The molecule has 0 aromatic heterocycles. The predicted octanol–water partition coefficient (Wildman–Crippen LogP) is 1.32. The third-order valence-electron chi connectivity index (χ3n) is 1.15. The van der Waals surface area contributed by atoms with Crippen LogP contribution >= 0.6 is 0 Å². The third kappa shape index (κ3) is 1.06. The molecule has 0 unspecified atom stereocenters. The predicted molar refractivity (Wildman–Crippen MR) is 32.5 cm³/mol. The molecule has 0 amide bonds. The molecule has 0 spiro atoms. The average Bonchev–Trinajstić information content (AvgIpc) is 1.90. The highest BCUT2D eigenvalue weighted by Crippen LogP contribution is 2.04. The number of carbonyl (C=O) groups is 1. The molecule has 0 radical (unpaired) electrons. The lowest BCUT2D eigenvalue weighted by Crippen LogP contribution is -1.94. The van der Waals surface area contributed by atoms with Crippen LogP contribution in [0, 0.1) is 5.92 Å². The van der Waals surface area contributed by atoms with Crippen LogP contribution in [0.4, 0.5) is 0 Å². The van der Waals surface area contributed by atoms with E-state index in [1.165, 1.54) is 0 Å². The van der Waals surface area contributed by atoms with Crippen molar-refractivity contribution in [3.05, 3.63) is 24.3 Å². The second-order valence-corrected chi connectivity index (χ2v) is 1.81. The van der Waals surface area contributed by atoms with Crippen LogP contribution in [0.15, 0.2) is 24.3 Å². The van der Waals surface area contributed by atoms with Crippen molar-refractivity contribution in [2.24, 2.45) is 5.92 Å². The minimum Gasteiger partial charge on any atom is -0.302 e. The molecule has 8 heavy (non-hydrogen) atoms. The molecule has 1 aliphatic carbocycles. The number of hydrogen-bond donors (Lipinski definition) is 0. The Morgan fingerprint density at radius 3 is 2.38 bits per heavy atom. The number of allylic oxidation sites excluding steroid dienone is 4. The number of aldehydes is 1. The first-order chi connectivity index (χ1) is 3.93. The summed E-state index contributed by atoms with van der Waals surface area (Å²) >= 11 is 0. The lowest BCUT2D eigenvalue weighted by atomic mass is 10.1. The SMILES string of the molecule is O=CC1C=CCC=C1. The molecule has 1 heteroatoms. The summed E-state index contributed by atoms with van der Waals surface area (Å²) in [6.45, 7) is 0. The monoisotopic (exact) mass is 108 g/mol. The van der Waals surface area contributed by atoms with Gasteiger partial charge in [0.1, 0.15) is 6.29 Å². The molecular weight excluding hydrogens is 100 g/mol. The van der Waals surface area contributed by atoms with Gasteiger partial charge in [0.25, 0.3) is 0 Å². The van der Waals surface area contributed by atoms with Gasteiger partial charge < -0.3 is 4.79 Å². The van der Waals surface area contributed by atoms with Crippen LogP contribution < -0.4 is 0 Å². The van der Waals surface area contributed by atoms with Gasteiger partial charge in [-0.25, -0.2) is 0 Å². The van der Waals surface area contributed by atoms with Crippen molar-refractivity contribution < 1.29 is 4.79 Å². The summed E-state index contributed by atoms with van der Waals surface area (Å²) in [6.07, 6.45) is 9.73. The molecule has 1 rings (SSSR count). The highest BCUT2D eigenvalue weighted by Gasteiger charge is 1.96. The summed E-state index contributed by atoms with van der Waals surface area (Å²) in [5, 5.41) is 0. The minimum absolute atomic E-state index is 0.0451. The first-order valence-electron chi connectivity index (χ1n) is 2.72. The zero-order valence-electron chi connectivity index (χ0n) is 4.58. The number of rotatable bonds is 1. The van der Waals surface area contributed by atoms with Gasteiger partial charge in [-0.15, -0.1) is 0 Å². The van der Waals surface area contributed by atoms with E-state index in [0.717, 1.165) is 12.7 Å². The van der Waals surface area contributed by atoms with Crippen LogP contribution in [0.1, 0.15) is 6.42 Å². The van der Waals surface area contributed by atoms with E-state index in [4.69, 9.17) is 0 Å². The zero-order chi connectivity index (χ0) is 5.82. The maximum Gasteiger partial charge on any atom is 0.130 e. The fourth-order valence-electron chi connectivity index (χ4n) is 0.705. The van der Waals surface area contributed by atoms with E-state index < -0.39 is 0 Å². The van der Waals surface area contributed by atoms with Crippen molar-refractivity contribution in [3.63, 3.8) is 0 Å². The largest absolute Gasteiger partial charge is 0.302 e.